The molecule has 3 N–H and O–H groups in total. The third kappa shape index (κ3) is 4.48. The van der Waals surface area contributed by atoms with Crippen molar-refractivity contribution >= 4 is 5.97 Å². The first-order valence-corrected chi connectivity index (χ1v) is 6.58. The maximum absolute atomic E-state index is 10.7. The largest absolute Gasteiger partial charge is 0.493 e. The molecule has 0 aliphatic carbocycles. The molecular formula is C14H19NO5. The zero-order valence-corrected chi connectivity index (χ0v) is 11.2. The number of aliphatic carboxylic acids is 1. The summed E-state index contributed by atoms with van der Waals surface area (Å²) in [4.78, 5) is 10.7. The molecule has 0 spiro atoms. The van der Waals surface area contributed by atoms with E-state index in [0.29, 0.717) is 32.7 Å². The summed E-state index contributed by atoms with van der Waals surface area (Å²) in [5, 5.41) is 8.74. The van der Waals surface area contributed by atoms with Gasteiger partial charge in [0, 0.05) is 6.42 Å². The Balaban J connectivity index is 1.74. The number of benzene rings is 1. The molecule has 1 aliphatic rings. The predicted octanol–water partition coefficient (Wildman–Crippen LogP) is 0.783. The molecule has 20 heavy (non-hydrogen) atoms. The highest BCUT2D eigenvalue weighted by molar-refractivity contribution is 5.73. The van der Waals surface area contributed by atoms with Crippen molar-refractivity contribution < 1.29 is 24.1 Å². The van der Waals surface area contributed by atoms with Crippen molar-refractivity contribution in [2.45, 2.75) is 25.2 Å². The average molecular weight is 281 g/mol. The molecule has 0 amide bonds. The maximum atomic E-state index is 10.7. The van der Waals surface area contributed by atoms with Crippen LogP contribution in [-0.4, -0.2) is 43.2 Å². The monoisotopic (exact) mass is 281 g/mol. The molecule has 1 aromatic carbocycles. The number of nitrogens with two attached hydrogens (primary N) is 1. The van der Waals surface area contributed by atoms with Crippen molar-refractivity contribution in [2.75, 3.05) is 19.8 Å². The van der Waals surface area contributed by atoms with Gasteiger partial charge in [-0.3, -0.25) is 4.79 Å². The third-order valence-corrected chi connectivity index (χ3v) is 3.01. The van der Waals surface area contributed by atoms with Crippen molar-refractivity contribution in [3.8, 4) is 5.75 Å². The van der Waals surface area contributed by atoms with Crippen LogP contribution in [0, 0.1) is 0 Å². The number of carbonyl (C=O) groups is 1. The van der Waals surface area contributed by atoms with E-state index in [-0.39, 0.29) is 6.29 Å². The minimum absolute atomic E-state index is 0.164. The van der Waals surface area contributed by atoms with Crippen molar-refractivity contribution in [1.82, 2.24) is 0 Å². The zero-order valence-electron chi connectivity index (χ0n) is 11.2. The number of ether oxygens (including phenoxy) is 3. The molecule has 110 valence electrons. The van der Waals surface area contributed by atoms with Crippen molar-refractivity contribution in [2.24, 2.45) is 5.73 Å². The second-order valence-electron chi connectivity index (χ2n) is 4.60. The zero-order chi connectivity index (χ0) is 14.4. The molecule has 0 bridgehead atoms. The van der Waals surface area contributed by atoms with Crippen LogP contribution < -0.4 is 10.5 Å². The number of hydrogen-bond donors (Lipinski definition) is 2. The number of rotatable bonds is 7. The van der Waals surface area contributed by atoms with Crippen LogP contribution in [0.15, 0.2) is 24.3 Å². The first kappa shape index (κ1) is 14.8. The quantitative estimate of drug-likeness (QED) is 0.767. The van der Waals surface area contributed by atoms with E-state index >= 15 is 0 Å². The van der Waals surface area contributed by atoms with E-state index in [4.69, 9.17) is 25.1 Å². The summed E-state index contributed by atoms with van der Waals surface area (Å²) >= 11 is 0. The first-order chi connectivity index (χ1) is 9.65. The fourth-order valence-corrected chi connectivity index (χ4v) is 1.91. The minimum Gasteiger partial charge on any atom is -0.493 e. The SMILES string of the molecule is NC(Cc1ccc(OCCC2OCCO2)cc1)C(=O)O. The second-order valence-corrected chi connectivity index (χ2v) is 4.60. The molecule has 1 fully saturated rings. The van der Waals surface area contributed by atoms with Crippen LogP contribution in [0.3, 0.4) is 0 Å². The molecule has 0 saturated carbocycles. The van der Waals surface area contributed by atoms with Gasteiger partial charge >= 0.3 is 5.97 Å². The van der Waals surface area contributed by atoms with Crippen LogP contribution in [-0.2, 0) is 20.7 Å². The Kier molecular flexibility index (Phi) is 5.34. The summed E-state index contributed by atoms with van der Waals surface area (Å²) < 4.78 is 16.2. The predicted molar refractivity (Wildman–Crippen MR) is 71.6 cm³/mol. The molecule has 0 radical (unpaired) electrons. The van der Waals surface area contributed by atoms with Crippen LogP contribution in [0.5, 0.6) is 5.75 Å². The normalized spacial score (nSPS) is 17.1. The molecule has 1 saturated heterocycles. The highest BCUT2D eigenvalue weighted by Crippen LogP contribution is 2.15. The number of hydrogen-bond acceptors (Lipinski definition) is 5. The van der Waals surface area contributed by atoms with Crippen molar-refractivity contribution in [1.29, 1.82) is 0 Å². The molecule has 6 nitrogen and oxygen atoms in total. The fourth-order valence-electron chi connectivity index (χ4n) is 1.91. The third-order valence-electron chi connectivity index (χ3n) is 3.01. The Morgan fingerprint density at radius 2 is 2.00 bits per heavy atom. The highest BCUT2D eigenvalue weighted by Gasteiger charge is 2.15. The van der Waals surface area contributed by atoms with Crippen LogP contribution in [0.1, 0.15) is 12.0 Å². The Bertz CT molecular complexity index is 428. The lowest BCUT2D eigenvalue weighted by molar-refractivity contribution is -0.138. The minimum atomic E-state index is -0.998. The second kappa shape index (κ2) is 7.23. The van der Waals surface area contributed by atoms with Gasteiger partial charge in [-0.05, 0) is 24.1 Å². The lowest BCUT2D eigenvalue weighted by atomic mass is 10.1. The number of carboxylic acids is 1. The Hall–Kier alpha value is -1.63. The standard InChI is InChI=1S/C14H19NO5/c15-12(14(16)17)9-10-1-3-11(4-2-10)18-6-5-13-19-7-8-20-13/h1-4,12-13H,5-9,15H2,(H,16,17). The van der Waals surface area contributed by atoms with E-state index in [1.807, 2.05) is 12.1 Å². The molecule has 1 atom stereocenters. The van der Waals surface area contributed by atoms with Gasteiger partial charge in [-0.2, -0.15) is 0 Å². The van der Waals surface area contributed by atoms with E-state index in [0.717, 1.165) is 11.3 Å². The summed E-state index contributed by atoms with van der Waals surface area (Å²) in [6.07, 6.45) is 0.827. The van der Waals surface area contributed by atoms with Crippen LogP contribution >= 0.6 is 0 Å². The van der Waals surface area contributed by atoms with Gasteiger partial charge in [0.25, 0.3) is 0 Å². The topological polar surface area (TPSA) is 91.0 Å². The molecule has 1 heterocycles. The molecule has 2 rings (SSSR count). The van der Waals surface area contributed by atoms with Gasteiger partial charge in [-0.1, -0.05) is 12.1 Å². The Morgan fingerprint density at radius 1 is 1.35 bits per heavy atom. The lowest BCUT2D eigenvalue weighted by Gasteiger charge is -2.11. The summed E-state index contributed by atoms with van der Waals surface area (Å²) in [5.74, 6) is -0.266. The summed E-state index contributed by atoms with van der Waals surface area (Å²) in [6.45, 7) is 1.80. The van der Waals surface area contributed by atoms with Crippen LogP contribution in [0.4, 0.5) is 0 Å². The maximum Gasteiger partial charge on any atom is 0.320 e. The smallest absolute Gasteiger partial charge is 0.320 e. The summed E-state index contributed by atoms with van der Waals surface area (Å²) in [5.41, 5.74) is 6.35. The molecule has 6 heteroatoms. The Morgan fingerprint density at radius 3 is 2.60 bits per heavy atom. The van der Waals surface area contributed by atoms with E-state index in [9.17, 15) is 4.79 Å². The molecule has 1 unspecified atom stereocenters. The van der Waals surface area contributed by atoms with Gasteiger partial charge in [0.05, 0.1) is 19.8 Å². The van der Waals surface area contributed by atoms with Gasteiger partial charge < -0.3 is 25.1 Å². The van der Waals surface area contributed by atoms with Gasteiger partial charge in [0.2, 0.25) is 0 Å². The first-order valence-electron chi connectivity index (χ1n) is 6.58. The van der Waals surface area contributed by atoms with Gasteiger partial charge in [0.1, 0.15) is 11.8 Å². The highest BCUT2D eigenvalue weighted by atomic mass is 16.7. The van der Waals surface area contributed by atoms with Gasteiger partial charge in [-0.15, -0.1) is 0 Å². The summed E-state index contributed by atoms with van der Waals surface area (Å²) in [6, 6.07) is 6.38. The molecule has 1 aromatic rings. The fraction of sp³-hybridized carbons (Fsp3) is 0.500. The van der Waals surface area contributed by atoms with Crippen molar-refractivity contribution in [3.63, 3.8) is 0 Å². The van der Waals surface area contributed by atoms with E-state index < -0.39 is 12.0 Å². The molecule has 1 aliphatic heterocycles. The van der Waals surface area contributed by atoms with E-state index in [2.05, 4.69) is 0 Å². The summed E-state index contributed by atoms with van der Waals surface area (Å²) in [7, 11) is 0. The lowest BCUT2D eigenvalue weighted by Crippen LogP contribution is -2.32. The van der Waals surface area contributed by atoms with Gasteiger partial charge in [0.15, 0.2) is 6.29 Å². The van der Waals surface area contributed by atoms with Crippen LogP contribution in [0.2, 0.25) is 0 Å². The number of carboxylic acid groups (broad SMARTS) is 1. The Labute approximate surface area is 117 Å². The van der Waals surface area contributed by atoms with E-state index in [1.54, 1.807) is 12.1 Å². The average Bonchev–Trinajstić information content (AvgIpc) is 2.94. The van der Waals surface area contributed by atoms with Crippen LogP contribution in [0.25, 0.3) is 0 Å². The van der Waals surface area contributed by atoms with E-state index in [1.165, 1.54) is 0 Å². The molecule has 0 aromatic heterocycles. The van der Waals surface area contributed by atoms with Gasteiger partial charge in [-0.25, -0.2) is 0 Å². The molecular weight excluding hydrogens is 262 g/mol. The van der Waals surface area contributed by atoms with Crippen molar-refractivity contribution in [3.05, 3.63) is 29.8 Å².